The Bertz CT molecular complexity index is 449. The normalized spacial score (nSPS) is 38.9. The monoisotopic (exact) mass is 315 g/mol. The summed E-state index contributed by atoms with van der Waals surface area (Å²) in [5.41, 5.74) is 6.54. The van der Waals surface area contributed by atoms with Gasteiger partial charge < -0.3 is 26.1 Å². The van der Waals surface area contributed by atoms with Crippen molar-refractivity contribution in [3.8, 4) is 0 Å². The van der Waals surface area contributed by atoms with Gasteiger partial charge in [-0.25, -0.2) is 19.3 Å². The molecule has 1 saturated heterocycles. The molecule has 12 heteroatoms. The van der Waals surface area contributed by atoms with Gasteiger partial charge in [0.25, 0.3) is 11.0 Å². The maximum Gasteiger partial charge on any atom is 0.265 e. The van der Waals surface area contributed by atoms with Gasteiger partial charge >= 0.3 is 0 Å². The first-order chi connectivity index (χ1) is 9.21. The number of hydrogen-bond acceptors (Lipinski definition) is 6. The van der Waals surface area contributed by atoms with Crippen LogP contribution in [0.4, 0.5) is 8.78 Å². The van der Waals surface area contributed by atoms with E-state index in [0.717, 1.165) is 0 Å². The molecular formula is C8H12ClF2N5O4. The molecule has 0 radical (unpaired) electrons. The largest absolute Gasteiger partial charge is 0.390 e. The summed E-state index contributed by atoms with van der Waals surface area (Å²) in [6.07, 6.45) is -4.07. The van der Waals surface area contributed by atoms with Crippen LogP contribution in [0.5, 0.6) is 0 Å². The zero-order valence-corrected chi connectivity index (χ0v) is 10.6. The van der Waals surface area contributed by atoms with Crippen LogP contribution in [-0.4, -0.2) is 63.4 Å². The van der Waals surface area contributed by atoms with Crippen LogP contribution in [0.25, 0.3) is 0 Å². The van der Waals surface area contributed by atoms with E-state index in [1.54, 1.807) is 0 Å². The number of aliphatic imine (C=N–C) groups is 2. The molecule has 4 atom stereocenters. The highest BCUT2D eigenvalue weighted by molar-refractivity contribution is 6.29. The minimum Gasteiger partial charge on any atom is -0.390 e. The number of hydroxylamine groups is 1. The molecule has 0 bridgehead atoms. The van der Waals surface area contributed by atoms with Crippen LogP contribution in [0, 0.1) is 5.41 Å². The number of ether oxygens (including phenoxy) is 1. The first kappa shape index (κ1) is 16.7. The zero-order valence-electron chi connectivity index (χ0n) is 9.79. The smallest absolute Gasteiger partial charge is 0.265 e. The number of rotatable bonds is 3. The number of nitrogens with two attached hydrogens (primary N) is 1. The maximum absolute atomic E-state index is 14.0. The lowest BCUT2D eigenvalue weighted by atomic mass is 10.1. The lowest BCUT2D eigenvalue weighted by Crippen LogP contribution is -2.45. The third-order valence-corrected chi connectivity index (χ3v) is 2.74. The highest BCUT2D eigenvalue weighted by Gasteiger charge is 2.65. The summed E-state index contributed by atoms with van der Waals surface area (Å²) >= 11 is 5.28. The molecule has 20 heavy (non-hydrogen) atoms. The van der Waals surface area contributed by atoms with Gasteiger partial charge in [-0.15, -0.1) is 0 Å². The highest BCUT2D eigenvalue weighted by atomic mass is 35.5. The quantitative estimate of drug-likeness (QED) is 0.163. The summed E-state index contributed by atoms with van der Waals surface area (Å²) in [5.74, 6) is -4.33. The minimum atomic E-state index is -3.21. The van der Waals surface area contributed by atoms with Crippen molar-refractivity contribution in [3.63, 3.8) is 0 Å². The SMILES string of the molecule is N=CC(N)=NC(=N[C@@H]1O[C@](F)(CO)[C@@H](O)[C@]1(F)Cl)NO. The van der Waals surface area contributed by atoms with Gasteiger partial charge in [-0.05, 0) is 0 Å². The van der Waals surface area contributed by atoms with Crippen LogP contribution >= 0.6 is 11.6 Å². The summed E-state index contributed by atoms with van der Waals surface area (Å²) < 4.78 is 32.1. The Kier molecular flexibility index (Phi) is 4.94. The molecule has 0 amide bonds. The average Bonchev–Trinajstić information content (AvgIpc) is 2.59. The zero-order chi connectivity index (χ0) is 15.6. The van der Waals surface area contributed by atoms with Gasteiger partial charge in [0.1, 0.15) is 12.4 Å². The minimum absolute atomic E-state index is 0.420. The number of hydrogen-bond donors (Lipinski definition) is 6. The molecule has 0 aromatic rings. The number of nitrogens with one attached hydrogen (secondary N) is 2. The molecule has 1 rings (SSSR count). The number of nitrogens with zero attached hydrogens (tertiary/aromatic N) is 2. The van der Waals surface area contributed by atoms with E-state index >= 15 is 0 Å². The Morgan fingerprint density at radius 2 is 2.20 bits per heavy atom. The Morgan fingerprint density at radius 3 is 2.60 bits per heavy atom. The van der Waals surface area contributed by atoms with Crippen LogP contribution in [0.1, 0.15) is 0 Å². The standard InChI is InChI=1S/C8H12ClF2N5O4/c9-8(11)4(18)7(10,2-17)20-5(8)15-6(16-19)14-3(13)1-12/h1,4-5,12,17-19H,2H2,(H3,13,14,15,16)/t4-,5-,7-,8-/m1/s1. The Hall–Kier alpha value is -1.40. The molecule has 9 nitrogen and oxygen atoms in total. The molecule has 0 unspecified atom stereocenters. The molecule has 1 heterocycles. The molecule has 7 N–H and O–H groups in total. The van der Waals surface area contributed by atoms with E-state index in [2.05, 4.69) is 14.7 Å². The molecule has 0 saturated carbocycles. The number of guanidine groups is 1. The Balaban J connectivity index is 3.10. The van der Waals surface area contributed by atoms with Gasteiger partial charge in [0.15, 0.2) is 6.10 Å². The van der Waals surface area contributed by atoms with E-state index in [1.165, 1.54) is 5.48 Å². The van der Waals surface area contributed by atoms with E-state index in [-0.39, 0.29) is 0 Å². The fourth-order valence-corrected chi connectivity index (χ4v) is 1.59. The van der Waals surface area contributed by atoms with Gasteiger partial charge in [-0.3, -0.25) is 5.21 Å². The fraction of sp³-hybridized carbons (Fsp3) is 0.625. The second-order valence-electron chi connectivity index (χ2n) is 3.74. The van der Waals surface area contributed by atoms with Crippen molar-refractivity contribution in [2.24, 2.45) is 15.7 Å². The predicted molar refractivity (Wildman–Crippen MR) is 64.3 cm³/mol. The first-order valence-corrected chi connectivity index (χ1v) is 5.45. The van der Waals surface area contributed by atoms with Gasteiger partial charge in [0.05, 0.1) is 6.21 Å². The molecule has 0 aliphatic carbocycles. The summed E-state index contributed by atoms with van der Waals surface area (Å²) in [4.78, 5) is 6.58. The third kappa shape index (κ3) is 3.02. The molecule has 0 aromatic carbocycles. The molecule has 0 spiro atoms. The summed E-state index contributed by atoms with van der Waals surface area (Å²) in [7, 11) is 0. The van der Waals surface area contributed by atoms with Crippen LogP contribution in [0.15, 0.2) is 9.98 Å². The van der Waals surface area contributed by atoms with Gasteiger partial charge in [0.2, 0.25) is 12.2 Å². The van der Waals surface area contributed by atoms with Crippen molar-refractivity contribution in [2.75, 3.05) is 6.61 Å². The maximum atomic E-state index is 14.0. The van der Waals surface area contributed by atoms with Crippen molar-refractivity contribution in [1.29, 1.82) is 5.41 Å². The van der Waals surface area contributed by atoms with Gasteiger partial charge in [-0.1, -0.05) is 11.6 Å². The number of alkyl halides is 3. The molecule has 1 aliphatic heterocycles. The number of aliphatic hydroxyl groups is 2. The van der Waals surface area contributed by atoms with Gasteiger partial charge in [-0.2, -0.15) is 4.99 Å². The van der Waals surface area contributed by atoms with Crippen molar-refractivity contribution < 1.29 is 28.9 Å². The van der Waals surface area contributed by atoms with Crippen molar-refractivity contribution in [1.82, 2.24) is 5.48 Å². The summed E-state index contributed by atoms with van der Waals surface area (Å²) in [5, 5.41) is 30.3. The Labute approximate surface area is 116 Å². The van der Waals surface area contributed by atoms with E-state index in [0.29, 0.717) is 6.21 Å². The van der Waals surface area contributed by atoms with Crippen molar-refractivity contribution >= 4 is 29.6 Å². The van der Waals surface area contributed by atoms with Crippen LogP contribution in [0.2, 0.25) is 0 Å². The van der Waals surface area contributed by atoms with Crippen LogP contribution < -0.4 is 11.2 Å². The lowest BCUT2D eigenvalue weighted by Gasteiger charge is -2.21. The molecule has 114 valence electrons. The van der Waals surface area contributed by atoms with E-state index in [4.69, 9.17) is 33.1 Å². The van der Waals surface area contributed by atoms with E-state index in [9.17, 15) is 13.9 Å². The van der Waals surface area contributed by atoms with Crippen molar-refractivity contribution in [3.05, 3.63) is 0 Å². The topological polar surface area (TPSA) is 157 Å². The molecule has 1 fully saturated rings. The van der Waals surface area contributed by atoms with Crippen LogP contribution in [0.3, 0.4) is 0 Å². The number of amidine groups is 1. The molecular weight excluding hydrogens is 304 g/mol. The van der Waals surface area contributed by atoms with E-state index < -0.39 is 41.7 Å². The first-order valence-electron chi connectivity index (χ1n) is 5.07. The average molecular weight is 316 g/mol. The summed E-state index contributed by atoms with van der Waals surface area (Å²) in [6.45, 7) is -1.37. The Morgan fingerprint density at radius 1 is 1.60 bits per heavy atom. The van der Waals surface area contributed by atoms with Crippen molar-refractivity contribution in [2.45, 2.75) is 23.3 Å². The second kappa shape index (κ2) is 5.93. The van der Waals surface area contributed by atoms with Gasteiger partial charge in [0, 0.05) is 0 Å². The second-order valence-corrected chi connectivity index (χ2v) is 4.32. The van der Waals surface area contributed by atoms with E-state index in [1.807, 2.05) is 0 Å². The predicted octanol–water partition coefficient (Wildman–Crippen LogP) is -1.39. The third-order valence-electron chi connectivity index (χ3n) is 2.35. The fourth-order valence-electron chi connectivity index (χ4n) is 1.34. The lowest BCUT2D eigenvalue weighted by molar-refractivity contribution is -0.194. The van der Waals surface area contributed by atoms with Crippen LogP contribution in [-0.2, 0) is 4.74 Å². The molecule has 0 aromatic heterocycles. The highest BCUT2D eigenvalue weighted by Crippen LogP contribution is 2.45. The number of halogens is 3. The molecule has 1 aliphatic rings. The summed E-state index contributed by atoms with van der Waals surface area (Å²) in [6, 6.07) is 0. The number of aliphatic hydroxyl groups excluding tert-OH is 2.